The molecule has 26 heavy (non-hydrogen) atoms. The van der Waals surface area contributed by atoms with E-state index in [0.29, 0.717) is 6.10 Å². The van der Waals surface area contributed by atoms with Gasteiger partial charge in [0.25, 0.3) is 0 Å². The molecule has 0 amide bonds. The third-order valence-electron chi connectivity index (χ3n) is 4.86. The highest BCUT2D eigenvalue weighted by Crippen LogP contribution is 2.20. The van der Waals surface area contributed by atoms with Gasteiger partial charge in [-0.1, -0.05) is 30.3 Å². The lowest BCUT2D eigenvalue weighted by atomic mass is 10.1. The summed E-state index contributed by atoms with van der Waals surface area (Å²) in [5, 5.41) is 4.78. The minimum absolute atomic E-state index is 0.374. The highest BCUT2D eigenvalue weighted by molar-refractivity contribution is 5.53. The molecule has 0 N–H and O–H groups in total. The summed E-state index contributed by atoms with van der Waals surface area (Å²) in [5.74, 6) is 1.83. The lowest BCUT2D eigenvalue weighted by molar-refractivity contribution is 0.104. The maximum Gasteiger partial charge on any atom is 0.181 e. The molecule has 134 valence electrons. The van der Waals surface area contributed by atoms with E-state index in [1.807, 2.05) is 18.2 Å². The van der Waals surface area contributed by atoms with Gasteiger partial charge in [0.15, 0.2) is 5.82 Å². The van der Waals surface area contributed by atoms with Crippen LogP contribution in [0.25, 0.3) is 11.4 Å². The Kier molecular flexibility index (Phi) is 5.36. The van der Waals surface area contributed by atoms with Crippen LogP contribution in [0.3, 0.4) is 0 Å². The number of ether oxygens (including phenoxy) is 1. The average Bonchev–Trinajstić information content (AvgIpc) is 3.36. The van der Waals surface area contributed by atoms with E-state index < -0.39 is 0 Å². The van der Waals surface area contributed by atoms with E-state index >= 15 is 0 Å². The molecule has 5 heteroatoms. The molecule has 0 radical (unpaired) electrons. The van der Waals surface area contributed by atoms with Gasteiger partial charge in [0, 0.05) is 37.5 Å². The van der Waals surface area contributed by atoms with E-state index in [1.54, 1.807) is 12.4 Å². The molecule has 2 aromatic heterocycles. The van der Waals surface area contributed by atoms with Gasteiger partial charge in [-0.25, -0.2) is 9.67 Å². The van der Waals surface area contributed by atoms with Crippen molar-refractivity contribution in [2.75, 3.05) is 6.61 Å². The third kappa shape index (κ3) is 4.17. The topological polar surface area (TPSA) is 52.8 Å². The normalized spacial score (nSPS) is 16.8. The molecule has 0 unspecified atom stereocenters. The molecule has 1 atom stereocenters. The Balaban J connectivity index is 1.52. The van der Waals surface area contributed by atoms with Gasteiger partial charge in [0.05, 0.1) is 6.10 Å². The van der Waals surface area contributed by atoms with E-state index in [4.69, 9.17) is 14.8 Å². The number of rotatable bonds is 7. The summed E-state index contributed by atoms with van der Waals surface area (Å²) in [4.78, 5) is 8.91. The molecule has 0 aliphatic carbocycles. The number of hydrogen-bond donors (Lipinski definition) is 0. The van der Waals surface area contributed by atoms with Gasteiger partial charge >= 0.3 is 0 Å². The summed E-state index contributed by atoms with van der Waals surface area (Å²) in [6.45, 7) is 1.73. The van der Waals surface area contributed by atoms with Gasteiger partial charge in [-0.2, -0.15) is 5.10 Å². The van der Waals surface area contributed by atoms with Crippen molar-refractivity contribution in [1.29, 1.82) is 0 Å². The van der Waals surface area contributed by atoms with Crippen molar-refractivity contribution in [1.82, 2.24) is 19.7 Å². The predicted octanol–water partition coefficient (Wildman–Crippen LogP) is 3.69. The molecule has 0 spiro atoms. The van der Waals surface area contributed by atoms with Gasteiger partial charge in [0.1, 0.15) is 5.82 Å². The van der Waals surface area contributed by atoms with Crippen molar-refractivity contribution in [2.24, 2.45) is 0 Å². The summed E-state index contributed by atoms with van der Waals surface area (Å²) in [5.41, 5.74) is 2.33. The van der Waals surface area contributed by atoms with Gasteiger partial charge in [-0.3, -0.25) is 4.98 Å². The fourth-order valence-corrected chi connectivity index (χ4v) is 3.40. The SMILES string of the molecule is c1ccc(CCn2nc(-c3ccncc3)nc2CC[C@H]2CCCO2)cc1. The van der Waals surface area contributed by atoms with Crippen molar-refractivity contribution in [3.63, 3.8) is 0 Å². The smallest absolute Gasteiger partial charge is 0.181 e. The molecule has 3 aromatic rings. The maximum atomic E-state index is 5.77. The van der Waals surface area contributed by atoms with Crippen LogP contribution in [0.1, 0.15) is 30.7 Å². The first-order chi connectivity index (χ1) is 12.9. The Morgan fingerprint density at radius 1 is 1.04 bits per heavy atom. The summed E-state index contributed by atoms with van der Waals surface area (Å²) in [6, 6.07) is 14.4. The van der Waals surface area contributed by atoms with Gasteiger partial charge < -0.3 is 4.74 Å². The van der Waals surface area contributed by atoms with Gasteiger partial charge in [0.2, 0.25) is 0 Å². The Hall–Kier alpha value is -2.53. The molecular formula is C21H24N4O. The molecule has 0 saturated carbocycles. The molecule has 3 heterocycles. The molecule has 0 bridgehead atoms. The fourth-order valence-electron chi connectivity index (χ4n) is 3.40. The largest absolute Gasteiger partial charge is 0.378 e. The fraction of sp³-hybridized carbons (Fsp3) is 0.381. The number of nitrogens with zero attached hydrogens (tertiary/aromatic N) is 4. The Morgan fingerprint density at radius 3 is 2.65 bits per heavy atom. The summed E-state index contributed by atoms with van der Waals surface area (Å²) in [7, 11) is 0. The maximum absolute atomic E-state index is 5.77. The minimum atomic E-state index is 0.374. The number of aromatic nitrogens is 4. The number of pyridine rings is 1. The average molecular weight is 348 g/mol. The summed E-state index contributed by atoms with van der Waals surface area (Å²) < 4.78 is 7.84. The second-order valence-electron chi connectivity index (χ2n) is 6.72. The van der Waals surface area contributed by atoms with Crippen molar-refractivity contribution in [3.05, 3.63) is 66.2 Å². The molecule has 1 saturated heterocycles. The zero-order chi connectivity index (χ0) is 17.6. The van der Waals surface area contributed by atoms with Gasteiger partial charge in [-0.15, -0.1) is 0 Å². The van der Waals surface area contributed by atoms with Crippen molar-refractivity contribution < 1.29 is 4.74 Å². The molecule has 1 aliphatic heterocycles. The van der Waals surface area contributed by atoms with Crippen LogP contribution in [0.5, 0.6) is 0 Å². The lowest BCUT2D eigenvalue weighted by Crippen LogP contribution is -2.12. The van der Waals surface area contributed by atoms with Crippen molar-refractivity contribution in [2.45, 2.75) is 44.8 Å². The molecule has 1 aromatic carbocycles. The van der Waals surface area contributed by atoms with E-state index in [0.717, 1.165) is 56.0 Å². The molecular weight excluding hydrogens is 324 g/mol. The second-order valence-corrected chi connectivity index (χ2v) is 6.72. The number of hydrogen-bond acceptors (Lipinski definition) is 4. The van der Waals surface area contributed by atoms with Crippen LogP contribution >= 0.6 is 0 Å². The van der Waals surface area contributed by atoms with Crippen LogP contribution in [0.4, 0.5) is 0 Å². The molecule has 1 aliphatic rings. The monoisotopic (exact) mass is 348 g/mol. The highest BCUT2D eigenvalue weighted by atomic mass is 16.5. The Labute approximate surface area is 154 Å². The van der Waals surface area contributed by atoms with E-state index in [9.17, 15) is 0 Å². The van der Waals surface area contributed by atoms with Crippen LogP contribution in [0, 0.1) is 0 Å². The minimum Gasteiger partial charge on any atom is -0.378 e. The first-order valence-electron chi connectivity index (χ1n) is 9.38. The standard InChI is InChI=1S/C21H24N4O/c1-2-5-17(6-3-1)12-15-25-20(9-8-19-7-4-16-26-19)23-21(24-25)18-10-13-22-14-11-18/h1-3,5-6,10-11,13-14,19H,4,7-9,12,15-16H2/t19-/m1/s1. The van der Waals surface area contributed by atoms with Crippen molar-refractivity contribution in [3.8, 4) is 11.4 Å². The number of aryl methyl sites for hydroxylation is 3. The molecule has 4 rings (SSSR count). The molecule has 1 fully saturated rings. The summed E-state index contributed by atoms with van der Waals surface area (Å²) >= 11 is 0. The van der Waals surface area contributed by atoms with Crippen LogP contribution in [-0.2, 0) is 24.1 Å². The quantitative estimate of drug-likeness (QED) is 0.653. The zero-order valence-corrected chi connectivity index (χ0v) is 14.9. The van der Waals surface area contributed by atoms with Gasteiger partial charge in [-0.05, 0) is 43.4 Å². The Morgan fingerprint density at radius 2 is 1.88 bits per heavy atom. The van der Waals surface area contributed by atoms with Crippen molar-refractivity contribution >= 4 is 0 Å². The highest BCUT2D eigenvalue weighted by Gasteiger charge is 2.18. The second kappa shape index (κ2) is 8.23. The van der Waals surface area contributed by atoms with E-state index in [-0.39, 0.29) is 0 Å². The first kappa shape index (κ1) is 16.9. The predicted molar refractivity (Wildman–Crippen MR) is 101 cm³/mol. The number of benzene rings is 1. The van der Waals surface area contributed by atoms with E-state index in [2.05, 4.69) is 33.9 Å². The van der Waals surface area contributed by atoms with Crippen LogP contribution in [0.2, 0.25) is 0 Å². The lowest BCUT2D eigenvalue weighted by Gasteiger charge is -2.09. The first-order valence-corrected chi connectivity index (χ1v) is 9.38. The third-order valence-corrected chi connectivity index (χ3v) is 4.86. The molecule has 5 nitrogen and oxygen atoms in total. The van der Waals surface area contributed by atoms with Crippen LogP contribution in [0.15, 0.2) is 54.9 Å². The summed E-state index contributed by atoms with van der Waals surface area (Å²) in [6.07, 6.45) is 9.14. The zero-order valence-electron chi connectivity index (χ0n) is 14.9. The van der Waals surface area contributed by atoms with Crippen LogP contribution < -0.4 is 0 Å². The van der Waals surface area contributed by atoms with E-state index in [1.165, 1.54) is 12.0 Å². The Bertz CT molecular complexity index is 811. The van der Waals surface area contributed by atoms with Crippen LogP contribution in [-0.4, -0.2) is 32.5 Å².